The summed E-state index contributed by atoms with van der Waals surface area (Å²) in [5.41, 5.74) is 1.40. The number of nitrogens with zero attached hydrogens (tertiary/aromatic N) is 1. The van der Waals surface area contributed by atoms with E-state index in [-0.39, 0.29) is 5.92 Å². The summed E-state index contributed by atoms with van der Waals surface area (Å²) >= 11 is 0. The van der Waals surface area contributed by atoms with Crippen LogP contribution in [0.25, 0.3) is 0 Å². The maximum atomic E-state index is 12.3. The molecule has 29 heavy (non-hydrogen) atoms. The number of urea groups is 1. The Labute approximate surface area is 168 Å². The standard InChI is InChI=1S/C21H22N4O4/c1-14(2)19(25-21(28)24-16-8-4-3-5-9-16)20(27)29-13-18(26)23-17-10-6-7-15(11-17)12-22/h3-11,14,19H,13H2,1-2H3,(H,23,26)(H2,24,25,28)/t19-/m1/s1. The lowest BCUT2D eigenvalue weighted by atomic mass is 10.1. The molecule has 2 rings (SSSR count). The Morgan fingerprint density at radius 1 is 1.00 bits per heavy atom. The summed E-state index contributed by atoms with van der Waals surface area (Å²) in [5.74, 6) is -1.52. The summed E-state index contributed by atoms with van der Waals surface area (Å²) < 4.78 is 5.05. The number of nitrogens with one attached hydrogen (secondary N) is 3. The highest BCUT2D eigenvalue weighted by molar-refractivity contribution is 5.95. The van der Waals surface area contributed by atoms with E-state index in [0.717, 1.165) is 0 Å². The minimum atomic E-state index is -0.923. The van der Waals surface area contributed by atoms with Gasteiger partial charge in [0.15, 0.2) is 6.61 Å². The zero-order valence-electron chi connectivity index (χ0n) is 16.1. The van der Waals surface area contributed by atoms with Crippen LogP contribution in [-0.2, 0) is 14.3 Å². The van der Waals surface area contributed by atoms with Gasteiger partial charge in [-0.15, -0.1) is 0 Å². The van der Waals surface area contributed by atoms with Crippen molar-refractivity contribution in [3.8, 4) is 6.07 Å². The van der Waals surface area contributed by atoms with Crippen LogP contribution in [0.1, 0.15) is 19.4 Å². The number of anilines is 2. The third-order valence-electron chi connectivity index (χ3n) is 3.86. The predicted molar refractivity (Wildman–Crippen MR) is 108 cm³/mol. The number of carbonyl (C=O) groups excluding carboxylic acids is 3. The maximum absolute atomic E-state index is 12.3. The molecule has 2 aromatic rings. The molecule has 3 amide bonds. The van der Waals surface area contributed by atoms with E-state index in [2.05, 4.69) is 16.0 Å². The van der Waals surface area contributed by atoms with Crippen LogP contribution in [0.3, 0.4) is 0 Å². The van der Waals surface area contributed by atoms with E-state index in [9.17, 15) is 14.4 Å². The molecule has 0 bridgehead atoms. The molecule has 0 unspecified atom stereocenters. The van der Waals surface area contributed by atoms with Gasteiger partial charge in [0, 0.05) is 11.4 Å². The molecule has 150 valence electrons. The summed E-state index contributed by atoms with van der Waals surface area (Å²) in [6.45, 7) is 2.99. The second-order valence-electron chi connectivity index (χ2n) is 6.53. The minimum absolute atomic E-state index is 0.251. The van der Waals surface area contributed by atoms with E-state index in [1.165, 1.54) is 6.07 Å². The highest BCUT2D eigenvalue weighted by Gasteiger charge is 2.26. The summed E-state index contributed by atoms with van der Waals surface area (Å²) in [6.07, 6.45) is 0. The average Bonchev–Trinajstić information content (AvgIpc) is 2.71. The Bertz CT molecular complexity index is 906. The molecule has 0 aliphatic heterocycles. The Hall–Kier alpha value is -3.86. The van der Waals surface area contributed by atoms with Crippen LogP contribution in [-0.4, -0.2) is 30.6 Å². The molecule has 0 heterocycles. The van der Waals surface area contributed by atoms with Crippen LogP contribution in [0.2, 0.25) is 0 Å². The largest absolute Gasteiger partial charge is 0.454 e. The van der Waals surface area contributed by atoms with Crippen LogP contribution in [0.4, 0.5) is 16.2 Å². The Morgan fingerprint density at radius 3 is 2.34 bits per heavy atom. The van der Waals surface area contributed by atoms with Gasteiger partial charge in [0.25, 0.3) is 5.91 Å². The van der Waals surface area contributed by atoms with Crippen LogP contribution in [0, 0.1) is 17.2 Å². The molecular weight excluding hydrogens is 372 g/mol. The van der Waals surface area contributed by atoms with Gasteiger partial charge in [0.05, 0.1) is 11.6 Å². The van der Waals surface area contributed by atoms with E-state index >= 15 is 0 Å². The second kappa shape index (κ2) is 10.5. The van der Waals surface area contributed by atoms with Crippen LogP contribution >= 0.6 is 0 Å². The van der Waals surface area contributed by atoms with E-state index in [1.54, 1.807) is 56.3 Å². The number of ether oxygens (including phenoxy) is 1. The number of hydrogen-bond acceptors (Lipinski definition) is 5. The number of nitriles is 1. The topological polar surface area (TPSA) is 120 Å². The van der Waals surface area contributed by atoms with Gasteiger partial charge in [-0.3, -0.25) is 4.79 Å². The van der Waals surface area contributed by atoms with Gasteiger partial charge in [-0.25, -0.2) is 9.59 Å². The molecule has 0 aromatic heterocycles. The van der Waals surface area contributed by atoms with Crippen LogP contribution in [0.5, 0.6) is 0 Å². The van der Waals surface area contributed by atoms with E-state index < -0.39 is 30.6 Å². The quantitative estimate of drug-likeness (QED) is 0.624. The normalized spacial score (nSPS) is 11.1. The molecule has 0 spiro atoms. The lowest BCUT2D eigenvalue weighted by molar-refractivity contribution is -0.150. The zero-order chi connectivity index (χ0) is 21.2. The van der Waals surface area contributed by atoms with Gasteiger partial charge in [-0.1, -0.05) is 38.1 Å². The van der Waals surface area contributed by atoms with E-state index in [4.69, 9.17) is 10.00 Å². The van der Waals surface area contributed by atoms with Gasteiger partial charge in [0.1, 0.15) is 6.04 Å². The monoisotopic (exact) mass is 394 g/mol. The Balaban J connectivity index is 1.87. The third kappa shape index (κ3) is 6.99. The van der Waals surface area contributed by atoms with Crippen molar-refractivity contribution in [2.45, 2.75) is 19.9 Å². The predicted octanol–water partition coefficient (Wildman–Crippen LogP) is 2.89. The van der Waals surface area contributed by atoms with Crippen LogP contribution in [0.15, 0.2) is 54.6 Å². The van der Waals surface area contributed by atoms with Crippen molar-refractivity contribution in [1.29, 1.82) is 5.26 Å². The highest BCUT2D eigenvalue weighted by atomic mass is 16.5. The summed E-state index contributed by atoms with van der Waals surface area (Å²) in [4.78, 5) is 36.5. The first kappa shape index (κ1) is 21.4. The van der Waals surface area contributed by atoms with Gasteiger partial charge < -0.3 is 20.7 Å². The Kier molecular flexibility index (Phi) is 7.74. The van der Waals surface area contributed by atoms with E-state index in [1.807, 2.05) is 12.1 Å². The third-order valence-corrected chi connectivity index (χ3v) is 3.86. The smallest absolute Gasteiger partial charge is 0.329 e. The second-order valence-corrected chi connectivity index (χ2v) is 6.53. The van der Waals surface area contributed by atoms with Crippen LogP contribution < -0.4 is 16.0 Å². The summed E-state index contributed by atoms with van der Waals surface area (Å²) in [6, 6.07) is 15.7. The summed E-state index contributed by atoms with van der Waals surface area (Å²) in [5, 5.41) is 16.6. The van der Waals surface area contributed by atoms with Crippen molar-refractivity contribution in [3.63, 3.8) is 0 Å². The molecule has 8 heteroatoms. The first-order valence-corrected chi connectivity index (χ1v) is 8.98. The molecule has 0 aliphatic rings. The van der Waals surface area contributed by atoms with Crippen molar-refractivity contribution in [2.75, 3.05) is 17.2 Å². The Morgan fingerprint density at radius 2 is 1.69 bits per heavy atom. The fourth-order valence-electron chi connectivity index (χ4n) is 2.42. The molecule has 0 saturated heterocycles. The molecule has 0 fully saturated rings. The zero-order valence-corrected chi connectivity index (χ0v) is 16.1. The lowest BCUT2D eigenvalue weighted by Gasteiger charge is -2.21. The number of benzene rings is 2. The molecule has 1 atom stereocenters. The minimum Gasteiger partial charge on any atom is -0.454 e. The number of amides is 3. The number of esters is 1. The van der Waals surface area contributed by atoms with Crippen molar-refractivity contribution in [2.24, 2.45) is 5.92 Å². The molecule has 2 aromatic carbocycles. The first-order chi connectivity index (χ1) is 13.9. The fourth-order valence-corrected chi connectivity index (χ4v) is 2.42. The molecule has 0 aliphatic carbocycles. The van der Waals surface area contributed by atoms with Crippen molar-refractivity contribution < 1.29 is 19.1 Å². The number of hydrogen-bond donors (Lipinski definition) is 3. The van der Waals surface area contributed by atoms with Gasteiger partial charge >= 0.3 is 12.0 Å². The van der Waals surface area contributed by atoms with Gasteiger partial charge in [-0.2, -0.15) is 5.26 Å². The van der Waals surface area contributed by atoms with Crippen molar-refractivity contribution in [1.82, 2.24) is 5.32 Å². The van der Waals surface area contributed by atoms with Gasteiger partial charge in [0.2, 0.25) is 0 Å². The lowest BCUT2D eigenvalue weighted by Crippen LogP contribution is -2.47. The fraction of sp³-hybridized carbons (Fsp3) is 0.238. The number of para-hydroxylation sites is 1. The van der Waals surface area contributed by atoms with Crippen molar-refractivity contribution in [3.05, 3.63) is 60.2 Å². The average molecular weight is 394 g/mol. The number of rotatable bonds is 7. The van der Waals surface area contributed by atoms with Crippen molar-refractivity contribution >= 4 is 29.3 Å². The number of carbonyl (C=O) groups is 3. The summed E-state index contributed by atoms with van der Waals surface area (Å²) in [7, 11) is 0. The molecule has 3 N–H and O–H groups in total. The molecule has 0 saturated carbocycles. The SMILES string of the molecule is CC(C)[C@@H](NC(=O)Nc1ccccc1)C(=O)OCC(=O)Nc1cccc(C#N)c1. The molecule has 8 nitrogen and oxygen atoms in total. The van der Waals surface area contributed by atoms with Gasteiger partial charge in [-0.05, 0) is 36.2 Å². The molecule has 0 radical (unpaired) electrons. The first-order valence-electron chi connectivity index (χ1n) is 8.98. The molecular formula is C21H22N4O4. The highest BCUT2D eigenvalue weighted by Crippen LogP contribution is 2.10. The maximum Gasteiger partial charge on any atom is 0.329 e. The van der Waals surface area contributed by atoms with E-state index in [0.29, 0.717) is 16.9 Å².